The van der Waals surface area contributed by atoms with Crippen molar-refractivity contribution >= 4 is 11.3 Å². The minimum Gasteiger partial charge on any atom is -0.316 e. The second kappa shape index (κ2) is 4.72. The topological polar surface area (TPSA) is 12.0 Å². The fourth-order valence-electron chi connectivity index (χ4n) is 1.57. The van der Waals surface area contributed by atoms with Gasteiger partial charge in [0.25, 0.3) is 0 Å². The maximum absolute atomic E-state index is 13.1. The zero-order chi connectivity index (χ0) is 11.5. The van der Waals surface area contributed by atoms with E-state index in [1.54, 1.807) is 17.4 Å². The van der Waals surface area contributed by atoms with Crippen LogP contribution >= 0.6 is 11.3 Å². The molecule has 1 N–H and O–H groups in total. The first-order valence-corrected chi connectivity index (χ1v) is 5.81. The SMILES string of the molecule is CNCc1cscc1-c1ccc(F)c(F)c1. The maximum atomic E-state index is 13.1. The van der Waals surface area contributed by atoms with Gasteiger partial charge >= 0.3 is 0 Å². The predicted molar refractivity (Wildman–Crippen MR) is 62.4 cm³/mol. The van der Waals surface area contributed by atoms with Crippen molar-refractivity contribution in [2.24, 2.45) is 0 Å². The van der Waals surface area contributed by atoms with Gasteiger partial charge in [-0.25, -0.2) is 8.78 Å². The van der Waals surface area contributed by atoms with E-state index in [0.717, 1.165) is 23.7 Å². The largest absolute Gasteiger partial charge is 0.316 e. The molecule has 0 aliphatic heterocycles. The van der Waals surface area contributed by atoms with Crippen LogP contribution in [0.3, 0.4) is 0 Å². The normalized spacial score (nSPS) is 10.7. The van der Waals surface area contributed by atoms with Crippen LogP contribution < -0.4 is 5.32 Å². The van der Waals surface area contributed by atoms with Crippen LogP contribution in [0.15, 0.2) is 29.0 Å². The number of halogens is 2. The van der Waals surface area contributed by atoms with E-state index in [2.05, 4.69) is 5.32 Å². The first-order valence-electron chi connectivity index (χ1n) is 4.87. The molecule has 0 saturated heterocycles. The van der Waals surface area contributed by atoms with E-state index in [1.165, 1.54) is 6.07 Å². The average molecular weight is 239 g/mol. The molecule has 0 radical (unpaired) electrons. The van der Waals surface area contributed by atoms with Crippen LogP contribution in [0.5, 0.6) is 0 Å². The molecule has 0 aliphatic rings. The summed E-state index contributed by atoms with van der Waals surface area (Å²) in [6, 6.07) is 3.99. The Bertz CT molecular complexity index is 494. The van der Waals surface area contributed by atoms with Crippen molar-refractivity contribution in [1.29, 1.82) is 0 Å². The van der Waals surface area contributed by atoms with Crippen molar-refractivity contribution in [3.05, 3.63) is 46.2 Å². The van der Waals surface area contributed by atoms with Gasteiger partial charge in [-0.1, -0.05) is 6.07 Å². The van der Waals surface area contributed by atoms with E-state index >= 15 is 0 Å². The summed E-state index contributed by atoms with van der Waals surface area (Å²) < 4.78 is 25.9. The number of hydrogen-bond acceptors (Lipinski definition) is 2. The second-order valence-corrected chi connectivity index (χ2v) is 4.21. The van der Waals surface area contributed by atoms with E-state index in [-0.39, 0.29) is 0 Å². The minimum atomic E-state index is -0.811. The van der Waals surface area contributed by atoms with Gasteiger partial charge in [-0.05, 0) is 46.6 Å². The molecule has 1 aromatic heterocycles. The molecule has 0 spiro atoms. The molecule has 0 bridgehead atoms. The number of hydrogen-bond donors (Lipinski definition) is 1. The standard InChI is InChI=1S/C12H11F2NS/c1-15-5-9-6-16-7-10(9)8-2-3-11(13)12(14)4-8/h2-4,6-7,15H,5H2,1H3. The lowest BCUT2D eigenvalue weighted by atomic mass is 10.0. The summed E-state index contributed by atoms with van der Waals surface area (Å²) in [5, 5.41) is 7.00. The highest BCUT2D eigenvalue weighted by Crippen LogP contribution is 2.28. The van der Waals surface area contributed by atoms with E-state index in [0.29, 0.717) is 5.56 Å². The monoisotopic (exact) mass is 239 g/mol. The molecule has 1 heterocycles. The first kappa shape index (κ1) is 11.2. The quantitative estimate of drug-likeness (QED) is 0.865. The molecule has 0 atom stereocenters. The van der Waals surface area contributed by atoms with Gasteiger partial charge in [0.05, 0.1) is 0 Å². The van der Waals surface area contributed by atoms with Crippen molar-refractivity contribution in [1.82, 2.24) is 5.32 Å². The Labute approximate surface area is 96.7 Å². The third-order valence-electron chi connectivity index (χ3n) is 2.34. The number of thiophene rings is 1. The smallest absolute Gasteiger partial charge is 0.159 e. The Morgan fingerprint density at radius 2 is 2.00 bits per heavy atom. The van der Waals surface area contributed by atoms with Crippen LogP contribution in [0.4, 0.5) is 8.78 Å². The van der Waals surface area contributed by atoms with Gasteiger partial charge < -0.3 is 5.32 Å². The summed E-state index contributed by atoms with van der Waals surface area (Å²) in [6.07, 6.45) is 0. The van der Waals surface area contributed by atoms with Gasteiger partial charge in [0.15, 0.2) is 11.6 Å². The van der Waals surface area contributed by atoms with Crippen molar-refractivity contribution in [2.45, 2.75) is 6.54 Å². The molecule has 2 aromatic rings. The number of nitrogens with one attached hydrogen (secondary N) is 1. The summed E-state index contributed by atoms with van der Waals surface area (Å²) in [5.74, 6) is -1.62. The Morgan fingerprint density at radius 1 is 1.19 bits per heavy atom. The Hall–Kier alpha value is -1.26. The van der Waals surface area contributed by atoms with E-state index in [1.807, 2.05) is 17.8 Å². The maximum Gasteiger partial charge on any atom is 0.159 e. The highest BCUT2D eigenvalue weighted by molar-refractivity contribution is 7.08. The van der Waals surface area contributed by atoms with Crippen LogP contribution in [-0.4, -0.2) is 7.05 Å². The zero-order valence-corrected chi connectivity index (χ0v) is 9.57. The third-order valence-corrected chi connectivity index (χ3v) is 3.13. The van der Waals surface area contributed by atoms with E-state index < -0.39 is 11.6 Å². The summed E-state index contributed by atoms with van der Waals surface area (Å²) in [6.45, 7) is 0.720. The van der Waals surface area contributed by atoms with Crippen LogP contribution in [-0.2, 0) is 6.54 Å². The van der Waals surface area contributed by atoms with Crippen molar-refractivity contribution < 1.29 is 8.78 Å². The summed E-state index contributed by atoms with van der Waals surface area (Å²) in [7, 11) is 1.85. The Kier molecular flexibility index (Phi) is 3.31. The highest BCUT2D eigenvalue weighted by Gasteiger charge is 2.08. The van der Waals surface area contributed by atoms with Crippen LogP contribution in [0, 0.1) is 11.6 Å². The molecule has 1 nitrogen and oxygen atoms in total. The lowest BCUT2D eigenvalue weighted by Gasteiger charge is -2.04. The molecule has 0 fully saturated rings. The molecule has 0 amide bonds. The van der Waals surface area contributed by atoms with Gasteiger partial charge in [-0.3, -0.25) is 0 Å². The molecule has 4 heteroatoms. The van der Waals surface area contributed by atoms with Crippen molar-refractivity contribution in [2.75, 3.05) is 7.05 Å². The van der Waals surface area contributed by atoms with Gasteiger partial charge in [-0.15, -0.1) is 0 Å². The molecule has 16 heavy (non-hydrogen) atoms. The second-order valence-electron chi connectivity index (χ2n) is 3.47. The summed E-state index contributed by atoms with van der Waals surface area (Å²) in [4.78, 5) is 0. The minimum absolute atomic E-state index is 0.713. The van der Waals surface area contributed by atoms with Crippen LogP contribution in [0.1, 0.15) is 5.56 Å². The van der Waals surface area contributed by atoms with Gasteiger partial charge in [0.2, 0.25) is 0 Å². The van der Waals surface area contributed by atoms with Gasteiger partial charge in [-0.2, -0.15) is 11.3 Å². The van der Waals surface area contributed by atoms with Gasteiger partial charge in [0.1, 0.15) is 0 Å². The Balaban J connectivity index is 2.42. The van der Waals surface area contributed by atoms with E-state index in [4.69, 9.17) is 0 Å². The van der Waals surface area contributed by atoms with Crippen LogP contribution in [0.25, 0.3) is 11.1 Å². The molecular formula is C12H11F2NS. The summed E-state index contributed by atoms with van der Waals surface area (Å²) in [5.41, 5.74) is 2.77. The fraction of sp³-hybridized carbons (Fsp3) is 0.167. The predicted octanol–water partition coefficient (Wildman–Crippen LogP) is 3.41. The zero-order valence-electron chi connectivity index (χ0n) is 8.76. The Morgan fingerprint density at radius 3 is 2.69 bits per heavy atom. The first-order chi connectivity index (χ1) is 7.72. The third kappa shape index (κ3) is 2.13. The number of benzene rings is 1. The molecule has 0 aliphatic carbocycles. The van der Waals surface area contributed by atoms with Crippen molar-refractivity contribution in [3.8, 4) is 11.1 Å². The molecule has 1 aromatic carbocycles. The summed E-state index contributed by atoms with van der Waals surface area (Å²) >= 11 is 1.55. The molecular weight excluding hydrogens is 228 g/mol. The van der Waals surface area contributed by atoms with Crippen LogP contribution in [0.2, 0.25) is 0 Å². The fourth-order valence-corrected chi connectivity index (χ4v) is 2.43. The molecule has 84 valence electrons. The van der Waals surface area contributed by atoms with Crippen molar-refractivity contribution in [3.63, 3.8) is 0 Å². The molecule has 2 rings (SSSR count). The van der Waals surface area contributed by atoms with E-state index in [9.17, 15) is 8.78 Å². The molecule has 0 saturated carbocycles. The number of rotatable bonds is 3. The molecule has 0 unspecified atom stereocenters. The lowest BCUT2D eigenvalue weighted by molar-refractivity contribution is 0.509. The average Bonchev–Trinajstić information content (AvgIpc) is 2.71. The van der Waals surface area contributed by atoms with Gasteiger partial charge in [0, 0.05) is 6.54 Å². The highest BCUT2D eigenvalue weighted by atomic mass is 32.1. The lowest BCUT2D eigenvalue weighted by Crippen LogP contribution is -2.04.